The number of rotatable bonds is 5. The number of hydrogen-bond acceptors (Lipinski definition) is 10. The van der Waals surface area contributed by atoms with Crippen LogP contribution >= 0.6 is 0 Å². The van der Waals surface area contributed by atoms with Crippen LogP contribution in [0.5, 0.6) is 17.2 Å². The number of phenolic OH excluding ortho intramolecular Hbond substituents is 2. The van der Waals surface area contributed by atoms with Gasteiger partial charge in [-0.2, -0.15) is 4.98 Å². The zero-order chi connectivity index (χ0) is 29.2. The molecule has 4 aromatic rings. The van der Waals surface area contributed by atoms with Crippen LogP contribution in [0.1, 0.15) is 47.8 Å². The van der Waals surface area contributed by atoms with E-state index >= 15 is 0 Å². The average Bonchev–Trinajstić information content (AvgIpc) is 3.50. The summed E-state index contributed by atoms with van der Waals surface area (Å²) in [6.07, 6.45) is 2.84. The van der Waals surface area contributed by atoms with E-state index in [1.165, 1.54) is 26.8 Å². The van der Waals surface area contributed by atoms with Crippen molar-refractivity contribution in [2.24, 2.45) is 0 Å². The molecule has 0 amide bonds. The van der Waals surface area contributed by atoms with Crippen molar-refractivity contribution < 1.29 is 33.8 Å². The molecular weight excluding hydrogens is 526 g/mol. The number of nitrogens with zero attached hydrogens (tertiary/aromatic N) is 2. The molecule has 0 saturated heterocycles. The quantitative estimate of drug-likeness (QED) is 0.183. The molecule has 2 aliphatic rings. The number of carbonyl (C=O) groups is 3. The third-order valence-electron chi connectivity index (χ3n) is 7.68. The predicted octanol–water partition coefficient (Wildman–Crippen LogP) is 4.56. The predicted molar refractivity (Wildman–Crippen MR) is 147 cm³/mol. The Labute approximate surface area is 234 Å². The number of benzene rings is 2. The highest BCUT2D eigenvalue weighted by atomic mass is 16.5. The number of Topliss-reactive ketones (excluding diaryl/α,β-unsaturated/α-hetero) is 2. The van der Waals surface area contributed by atoms with E-state index in [0.29, 0.717) is 29.4 Å². The lowest BCUT2D eigenvalue weighted by molar-refractivity contribution is -0.123. The summed E-state index contributed by atoms with van der Waals surface area (Å²) in [5.41, 5.74) is 1.42. The first-order valence-corrected chi connectivity index (χ1v) is 12.9. The van der Waals surface area contributed by atoms with Gasteiger partial charge in [-0.3, -0.25) is 14.4 Å². The van der Waals surface area contributed by atoms with Crippen LogP contribution in [0.2, 0.25) is 0 Å². The molecule has 206 valence electrons. The van der Waals surface area contributed by atoms with Crippen LogP contribution in [-0.2, 0) is 21.5 Å². The molecule has 0 saturated carbocycles. The molecule has 2 aromatic carbocycles. The minimum Gasteiger partial charge on any atom is -0.507 e. The smallest absolute Gasteiger partial charge is 0.228 e. The average molecular weight is 552 g/mol. The largest absolute Gasteiger partial charge is 0.507 e. The lowest BCUT2D eigenvalue weighted by atomic mass is 9.70. The van der Waals surface area contributed by atoms with Crippen molar-refractivity contribution in [1.82, 2.24) is 15.3 Å². The van der Waals surface area contributed by atoms with Crippen LogP contribution in [0.15, 0.2) is 70.1 Å². The summed E-state index contributed by atoms with van der Waals surface area (Å²) in [5, 5.41) is 24.6. The molecule has 0 radical (unpaired) electrons. The van der Waals surface area contributed by atoms with Gasteiger partial charge in [0.25, 0.3) is 0 Å². The zero-order valence-corrected chi connectivity index (χ0v) is 22.7. The Morgan fingerprint density at radius 2 is 1.80 bits per heavy atom. The molecule has 3 heterocycles. The number of aromatic nitrogens is 2. The second-order valence-corrected chi connectivity index (χ2v) is 10.3. The summed E-state index contributed by atoms with van der Waals surface area (Å²) in [4.78, 5) is 48.0. The van der Waals surface area contributed by atoms with E-state index in [0.717, 1.165) is 11.1 Å². The lowest BCUT2D eigenvalue weighted by Crippen LogP contribution is -2.41. The molecule has 0 unspecified atom stereocenters. The molecule has 6 rings (SSSR count). The maximum absolute atomic E-state index is 13.9. The molecule has 41 heavy (non-hydrogen) atoms. The van der Waals surface area contributed by atoms with E-state index in [1.807, 2.05) is 24.3 Å². The lowest BCUT2D eigenvalue weighted by Gasteiger charge is -2.29. The first-order chi connectivity index (χ1) is 19.5. The van der Waals surface area contributed by atoms with Gasteiger partial charge in [-0.05, 0) is 57.5 Å². The van der Waals surface area contributed by atoms with Crippen molar-refractivity contribution in [3.8, 4) is 28.7 Å². The number of phenols is 2. The first kappa shape index (κ1) is 26.0. The molecule has 1 atom stereocenters. The van der Waals surface area contributed by atoms with Gasteiger partial charge in [-0.15, -0.1) is 0 Å². The van der Waals surface area contributed by atoms with Crippen LogP contribution in [-0.4, -0.2) is 37.5 Å². The van der Waals surface area contributed by atoms with Crippen molar-refractivity contribution in [2.75, 3.05) is 0 Å². The monoisotopic (exact) mass is 551 g/mol. The third-order valence-corrected chi connectivity index (χ3v) is 7.68. The van der Waals surface area contributed by atoms with Gasteiger partial charge in [-0.1, -0.05) is 12.1 Å². The number of hydrogen-bond donors (Lipinski definition) is 3. The Bertz CT molecular complexity index is 1850. The minimum atomic E-state index is -1.57. The van der Waals surface area contributed by atoms with Crippen molar-refractivity contribution in [3.05, 3.63) is 88.0 Å². The fourth-order valence-electron chi connectivity index (χ4n) is 5.34. The number of oxazole rings is 1. The second kappa shape index (κ2) is 9.16. The first-order valence-electron chi connectivity index (χ1n) is 12.9. The highest BCUT2D eigenvalue weighted by Gasteiger charge is 2.56. The fraction of sp³-hybridized carbons (Fsp3) is 0.194. The van der Waals surface area contributed by atoms with Crippen LogP contribution < -0.4 is 10.1 Å². The number of ether oxygens (including phenoxy) is 1. The molecule has 0 fully saturated rings. The second-order valence-electron chi connectivity index (χ2n) is 10.3. The number of pyridine rings is 1. The van der Waals surface area contributed by atoms with Gasteiger partial charge in [0.05, 0.1) is 11.1 Å². The maximum atomic E-state index is 13.9. The van der Waals surface area contributed by atoms with Crippen molar-refractivity contribution in [2.45, 2.75) is 39.7 Å². The van der Waals surface area contributed by atoms with Crippen LogP contribution in [0.25, 0.3) is 22.7 Å². The van der Waals surface area contributed by atoms with Crippen LogP contribution in [0.3, 0.4) is 0 Å². The Hall–Kier alpha value is -5.25. The number of ketones is 3. The molecule has 3 N–H and O–H groups in total. The summed E-state index contributed by atoms with van der Waals surface area (Å²) in [6, 6.07) is 11.0. The summed E-state index contributed by atoms with van der Waals surface area (Å²) in [5.74, 6) is -2.12. The molecule has 10 nitrogen and oxygen atoms in total. The van der Waals surface area contributed by atoms with Gasteiger partial charge in [0.1, 0.15) is 34.0 Å². The summed E-state index contributed by atoms with van der Waals surface area (Å²) in [7, 11) is 0. The van der Waals surface area contributed by atoms with Crippen LogP contribution in [0, 0.1) is 6.92 Å². The number of allylic oxidation sites excluding steroid dienone is 4. The third kappa shape index (κ3) is 3.82. The van der Waals surface area contributed by atoms with Crippen LogP contribution in [0.4, 0.5) is 0 Å². The zero-order valence-electron chi connectivity index (χ0n) is 22.7. The van der Waals surface area contributed by atoms with E-state index in [4.69, 9.17) is 9.15 Å². The highest BCUT2D eigenvalue weighted by molar-refractivity contribution is 6.31. The molecule has 1 aliphatic heterocycles. The van der Waals surface area contributed by atoms with E-state index in [1.54, 1.807) is 25.3 Å². The molecule has 0 bridgehead atoms. The normalized spacial score (nSPS) is 19.0. The van der Waals surface area contributed by atoms with E-state index < -0.39 is 28.5 Å². The summed E-state index contributed by atoms with van der Waals surface area (Å²) >= 11 is 0. The SMILES string of the molecule is CC(=O)c1c(O)c(C)c(O)c2c1OC1=CC(=O)/C(=C(/C)NCc3ccc(-c4nc5ncccc5o4)cc3)C(=O)[C@]12C. The van der Waals surface area contributed by atoms with Crippen molar-refractivity contribution >= 4 is 28.6 Å². The minimum absolute atomic E-state index is 0.00756. The molecule has 0 spiro atoms. The number of aromatic hydroxyl groups is 2. The molecule has 10 heteroatoms. The summed E-state index contributed by atoms with van der Waals surface area (Å²) < 4.78 is 11.6. The van der Waals surface area contributed by atoms with Gasteiger partial charge in [0.15, 0.2) is 28.6 Å². The Kier molecular flexibility index (Phi) is 5.81. The maximum Gasteiger partial charge on any atom is 0.228 e. The van der Waals surface area contributed by atoms with E-state index in [9.17, 15) is 24.6 Å². The number of carbonyl (C=O) groups excluding carboxylic acids is 3. The van der Waals surface area contributed by atoms with Crippen molar-refractivity contribution in [1.29, 1.82) is 0 Å². The van der Waals surface area contributed by atoms with Crippen molar-refractivity contribution in [3.63, 3.8) is 0 Å². The topological polar surface area (TPSA) is 152 Å². The number of nitrogens with one attached hydrogen (secondary N) is 1. The summed E-state index contributed by atoms with van der Waals surface area (Å²) in [6.45, 7) is 6.17. The van der Waals surface area contributed by atoms with E-state index in [-0.39, 0.29) is 39.5 Å². The Morgan fingerprint density at radius 3 is 2.49 bits per heavy atom. The molecule has 2 aromatic heterocycles. The van der Waals surface area contributed by atoms with Gasteiger partial charge in [-0.25, -0.2) is 4.98 Å². The van der Waals surface area contributed by atoms with Gasteiger partial charge in [0, 0.05) is 35.6 Å². The van der Waals surface area contributed by atoms with Gasteiger partial charge >= 0.3 is 0 Å². The fourth-order valence-corrected chi connectivity index (χ4v) is 5.34. The Morgan fingerprint density at radius 1 is 1.07 bits per heavy atom. The molecular formula is C31H25N3O7. The molecule has 1 aliphatic carbocycles. The van der Waals surface area contributed by atoms with Gasteiger partial charge < -0.3 is 24.7 Å². The van der Waals surface area contributed by atoms with Gasteiger partial charge in [0.2, 0.25) is 5.89 Å². The number of fused-ring (bicyclic) bond motifs is 4. The van der Waals surface area contributed by atoms with E-state index in [2.05, 4.69) is 15.3 Å². The highest BCUT2D eigenvalue weighted by Crippen LogP contribution is 2.57. The standard InChI is InChI=1S/C31H25N3O7/c1-14-25(37)23(16(3)35)27-24(26(14)38)31(4)21(41-27)12-19(36)22(28(31)39)15(2)33-13-17-7-9-18(10-8-17)30-34-29-20(40-30)6-5-11-32-29/h5-12,33,37-38H,13H2,1-4H3/b22-15+/t31-/m1/s1. The Balaban J connectivity index is 1.29.